The third-order valence-electron chi connectivity index (χ3n) is 5.57. The molecule has 20 heavy (non-hydrogen) atoms. The summed E-state index contributed by atoms with van der Waals surface area (Å²) in [6.07, 6.45) is 14.2. The zero-order valence-corrected chi connectivity index (χ0v) is 13.9. The summed E-state index contributed by atoms with van der Waals surface area (Å²) in [6, 6.07) is 1.70. The molecule has 1 aliphatic heterocycles. The maximum Gasteiger partial charge on any atom is 0.00958 e. The highest BCUT2D eigenvalue weighted by Gasteiger charge is 2.28. The fourth-order valence-corrected chi connectivity index (χ4v) is 4.31. The molecule has 0 radical (unpaired) electrons. The van der Waals surface area contributed by atoms with E-state index in [1.807, 2.05) is 0 Å². The molecule has 3 atom stereocenters. The SMILES string of the molecule is CCCNC1CCCC1CCN1CCCCCC1CC. The average Bonchev–Trinajstić information content (AvgIpc) is 2.79. The van der Waals surface area contributed by atoms with Crippen LogP contribution in [0.1, 0.15) is 78.1 Å². The molecule has 0 amide bonds. The fourth-order valence-electron chi connectivity index (χ4n) is 4.31. The van der Waals surface area contributed by atoms with Crippen LogP contribution in [0.4, 0.5) is 0 Å². The molecule has 0 bridgehead atoms. The van der Waals surface area contributed by atoms with Gasteiger partial charge in [-0.05, 0) is 70.5 Å². The second kappa shape index (κ2) is 9.04. The van der Waals surface area contributed by atoms with E-state index in [2.05, 4.69) is 24.1 Å². The predicted octanol–water partition coefficient (Wildman–Crippen LogP) is 4.20. The van der Waals surface area contributed by atoms with Gasteiger partial charge in [-0.2, -0.15) is 0 Å². The Labute approximate surface area is 126 Å². The first-order valence-electron chi connectivity index (χ1n) is 9.32. The molecule has 2 nitrogen and oxygen atoms in total. The quantitative estimate of drug-likeness (QED) is 0.752. The molecule has 0 spiro atoms. The number of hydrogen-bond donors (Lipinski definition) is 1. The van der Waals surface area contributed by atoms with Crippen LogP contribution >= 0.6 is 0 Å². The number of nitrogens with zero attached hydrogens (tertiary/aromatic N) is 1. The monoisotopic (exact) mass is 280 g/mol. The van der Waals surface area contributed by atoms with E-state index in [4.69, 9.17) is 0 Å². The number of rotatable bonds is 7. The molecule has 0 aromatic heterocycles. The Kier molecular flexibility index (Phi) is 7.37. The van der Waals surface area contributed by atoms with Gasteiger partial charge in [0.1, 0.15) is 0 Å². The summed E-state index contributed by atoms with van der Waals surface area (Å²) in [6.45, 7) is 8.58. The lowest BCUT2D eigenvalue weighted by atomic mass is 9.98. The summed E-state index contributed by atoms with van der Waals surface area (Å²) < 4.78 is 0. The third kappa shape index (κ3) is 4.73. The van der Waals surface area contributed by atoms with Crippen LogP contribution in [-0.2, 0) is 0 Å². The van der Waals surface area contributed by atoms with Gasteiger partial charge in [-0.3, -0.25) is 0 Å². The molecule has 1 N–H and O–H groups in total. The lowest BCUT2D eigenvalue weighted by Crippen LogP contribution is -2.38. The van der Waals surface area contributed by atoms with Gasteiger partial charge in [0.05, 0.1) is 0 Å². The molecular formula is C18H36N2. The lowest BCUT2D eigenvalue weighted by molar-refractivity contribution is 0.176. The van der Waals surface area contributed by atoms with Crippen LogP contribution < -0.4 is 5.32 Å². The normalized spacial score (nSPS) is 32.4. The molecular weight excluding hydrogens is 244 g/mol. The van der Waals surface area contributed by atoms with E-state index < -0.39 is 0 Å². The van der Waals surface area contributed by atoms with Crippen LogP contribution in [0.2, 0.25) is 0 Å². The molecule has 1 heterocycles. The zero-order chi connectivity index (χ0) is 14.2. The summed E-state index contributed by atoms with van der Waals surface area (Å²) in [5, 5.41) is 3.79. The molecule has 2 fully saturated rings. The van der Waals surface area contributed by atoms with Gasteiger partial charge < -0.3 is 10.2 Å². The number of likely N-dealkylation sites (tertiary alicyclic amines) is 1. The van der Waals surface area contributed by atoms with E-state index >= 15 is 0 Å². The van der Waals surface area contributed by atoms with Crippen molar-refractivity contribution < 1.29 is 0 Å². The van der Waals surface area contributed by atoms with Crippen LogP contribution in [0.3, 0.4) is 0 Å². The summed E-state index contributed by atoms with van der Waals surface area (Å²) in [4.78, 5) is 2.82. The topological polar surface area (TPSA) is 15.3 Å². The minimum atomic E-state index is 0.821. The predicted molar refractivity (Wildman–Crippen MR) is 88.2 cm³/mol. The Hall–Kier alpha value is -0.0800. The van der Waals surface area contributed by atoms with Gasteiger partial charge in [0.15, 0.2) is 0 Å². The minimum absolute atomic E-state index is 0.821. The Morgan fingerprint density at radius 3 is 2.70 bits per heavy atom. The molecule has 1 saturated carbocycles. The zero-order valence-electron chi connectivity index (χ0n) is 13.9. The first-order valence-corrected chi connectivity index (χ1v) is 9.32. The van der Waals surface area contributed by atoms with E-state index in [1.54, 1.807) is 0 Å². The molecule has 3 unspecified atom stereocenters. The van der Waals surface area contributed by atoms with Crippen molar-refractivity contribution in [3.63, 3.8) is 0 Å². The van der Waals surface area contributed by atoms with Crippen molar-refractivity contribution in [3.05, 3.63) is 0 Å². The highest BCUT2D eigenvalue weighted by Crippen LogP contribution is 2.29. The van der Waals surface area contributed by atoms with Gasteiger partial charge in [0.2, 0.25) is 0 Å². The van der Waals surface area contributed by atoms with Crippen molar-refractivity contribution in [2.75, 3.05) is 19.6 Å². The Bertz CT molecular complexity index is 254. The summed E-state index contributed by atoms with van der Waals surface area (Å²) >= 11 is 0. The van der Waals surface area contributed by atoms with Gasteiger partial charge in [0, 0.05) is 12.1 Å². The van der Waals surface area contributed by atoms with Gasteiger partial charge in [-0.1, -0.05) is 33.1 Å². The Morgan fingerprint density at radius 1 is 1.00 bits per heavy atom. The van der Waals surface area contributed by atoms with Gasteiger partial charge in [0.25, 0.3) is 0 Å². The smallest absolute Gasteiger partial charge is 0.00958 e. The minimum Gasteiger partial charge on any atom is -0.314 e. The van der Waals surface area contributed by atoms with Gasteiger partial charge >= 0.3 is 0 Å². The van der Waals surface area contributed by atoms with Crippen molar-refractivity contribution in [2.24, 2.45) is 5.92 Å². The highest BCUT2D eigenvalue weighted by molar-refractivity contribution is 4.84. The number of hydrogen-bond acceptors (Lipinski definition) is 2. The molecule has 2 rings (SSSR count). The van der Waals surface area contributed by atoms with Crippen LogP contribution in [0.5, 0.6) is 0 Å². The van der Waals surface area contributed by atoms with Crippen molar-refractivity contribution in [2.45, 2.75) is 90.1 Å². The maximum absolute atomic E-state index is 3.79. The standard InChI is InChI=1S/C18H36N2/c1-3-13-19-18-11-8-9-16(18)12-15-20-14-7-5-6-10-17(20)4-2/h16-19H,3-15H2,1-2H3. The van der Waals surface area contributed by atoms with Crippen molar-refractivity contribution in [1.29, 1.82) is 0 Å². The van der Waals surface area contributed by atoms with Gasteiger partial charge in [-0.25, -0.2) is 0 Å². The third-order valence-corrected chi connectivity index (χ3v) is 5.57. The summed E-state index contributed by atoms with van der Waals surface area (Å²) in [5.41, 5.74) is 0. The fraction of sp³-hybridized carbons (Fsp3) is 1.00. The summed E-state index contributed by atoms with van der Waals surface area (Å²) in [5.74, 6) is 0.947. The van der Waals surface area contributed by atoms with E-state index in [-0.39, 0.29) is 0 Å². The highest BCUT2D eigenvalue weighted by atomic mass is 15.2. The van der Waals surface area contributed by atoms with Crippen LogP contribution in [0, 0.1) is 5.92 Å². The molecule has 1 aliphatic carbocycles. The second-order valence-electron chi connectivity index (χ2n) is 6.99. The van der Waals surface area contributed by atoms with E-state index in [9.17, 15) is 0 Å². The second-order valence-corrected chi connectivity index (χ2v) is 6.99. The van der Waals surface area contributed by atoms with E-state index in [0.29, 0.717) is 0 Å². The molecule has 118 valence electrons. The Morgan fingerprint density at radius 2 is 1.90 bits per heavy atom. The van der Waals surface area contributed by atoms with Gasteiger partial charge in [-0.15, -0.1) is 0 Å². The maximum atomic E-state index is 3.79. The lowest BCUT2D eigenvalue weighted by Gasteiger charge is -2.31. The first kappa shape index (κ1) is 16.3. The summed E-state index contributed by atoms with van der Waals surface area (Å²) in [7, 11) is 0. The molecule has 0 aromatic rings. The average molecular weight is 280 g/mol. The molecule has 0 aromatic carbocycles. The van der Waals surface area contributed by atoms with E-state index in [1.165, 1.54) is 83.8 Å². The van der Waals surface area contributed by atoms with Crippen LogP contribution in [-0.4, -0.2) is 36.6 Å². The van der Waals surface area contributed by atoms with E-state index in [0.717, 1.165) is 18.0 Å². The van der Waals surface area contributed by atoms with Crippen molar-refractivity contribution in [1.82, 2.24) is 10.2 Å². The van der Waals surface area contributed by atoms with Crippen molar-refractivity contribution in [3.8, 4) is 0 Å². The first-order chi connectivity index (χ1) is 9.85. The van der Waals surface area contributed by atoms with Crippen LogP contribution in [0.15, 0.2) is 0 Å². The number of nitrogens with one attached hydrogen (secondary N) is 1. The Balaban J connectivity index is 1.77. The van der Waals surface area contributed by atoms with Crippen molar-refractivity contribution >= 4 is 0 Å². The molecule has 2 aliphatic rings. The largest absolute Gasteiger partial charge is 0.314 e. The molecule has 1 saturated heterocycles. The molecule has 2 heteroatoms. The van der Waals surface area contributed by atoms with Crippen LogP contribution in [0.25, 0.3) is 0 Å².